The number of β-amino-alcohol motifs (C(OH)–C–C–N with tert-alkyl or cyclic N) is 1. The average molecular weight is 278 g/mol. The van der Waals surface area contributed by atoms with Crippen LogP contribution in [0.2, 0.25) is 0 Å². The number of nitro groups is 1. The second kappa shape index (κ2) is 4.86. The maximum absolute atomic E-state index is 12.3. The van der Waals surface area contributed by atoms with Gasteiger partial charge in [-0.2, -0.15) is 0 Å². The summed E-state index contributed by atoms with van der Waals surface area (Å²) in [4.78, 5) is 24.1. The van der Waals surface area contributed by atoms with Crippen molar-refractivity contribution >= 4 is 11.6 Å². The number of rotatable bonds is 3. The van der Waals surface area contributed by atoms with Gasteiger partial charge in [-0.15, -0.1) is 0 Å². The van der Waals surface area contributed by atoms with Gasteiger partial charge in [-0.25, -0.2) is 0 Å². The van der Waals surface area contributed by atoms with E-state index in [1.165, 1.54) is 17.0 Å². The molecule has 6 nitrogen and oxygen atoms in total. The molecule has 1 fully saturated rings. The summed E-state index contributed by atoms with van der Waals surface area (Å²) >= 11 is 0. The van der Waals surface area contributed by atoms with Gasteiger partial charge < -0.3 is 10.0 Å². The smallest absolute Gasteiger partial charge is 0.270 e. The maximum atomic E-state index is 12.3. The van der Waals surface area contributed by atoms with Crippen LogP contribution in [0.1, 0.15) is 29.8 Å². The number of aliphatic hydroxyl groups is 1. The van der Waals surface area contributed by atoms with Crippen molar-refractivity contribution < 1.29 is 14.8 Å². The summed E-state index contributed by atoms with van der Waals surface area (Å²) in [5.74, 6) is -0.208. The zero-order valence-corrected chi connectivity index (χ0v) is 11.8. The third-order valence-corrected chi connectivity index (χ3v) is 3.81. The number of nitro benzene ring substituents is 1. The Balaban J connectivity index is 2.18. The van der Waals surface area contributed by atoms with E-state index in [-0.39, 0.29) is 30.6 Å². The summed E-state index contributed by atoms with van der Waals surface area (Å²) in [6, 6.07) is 4.33. The molecular formula is C14H18N2O4. The van der Waals surface area contributed by atoms with Crippen molar-refractivity contribution in [2.24, 2.45) is 5.92 Å². The van der Waals surface area contributed by atoms with Crippen LogP contribution in [0.25, 0.3) is 0 Å². The Kier molecular flexibility index (Phi) is 3.52. The van der Waals surface area contributed by atoms with E-state index >= 15 is 0 Å². The van der Waals surface area contributed by atoms with Gasteiger partial charge in [-0.1, -0.05) is 13.8 Å². The Morgan fingerprint density at radius 3 is 2.50 bits per heavy atom. The first-order valence-electron chi connectivity index (χ1n) is 6.51. The van der Waals surface area contributed by atoms with E-state index in [1.807, 2.05) is 13.8 Å². The lowest BCUT2D eigenvalue weighted by atomic mass is 9.82. The molecule has 1 amide bonds. The molecule has 1 saturated heterocycles. The van der Waals surface area contributed by atoms with Gasteiger partial charge in [-0.05, 0) is 24.5 Å². The van der Waals surface area contributed by atoms with Crippen molar-refractivity contribution in [3.05, 3.63) is 39.4 Å². The first-order chi connectivity index (χ1) is 9.23. The van der Waals surface area contributed by atoms with Gasteiger partial charge in [-0.3, -0.25) is 14.9 Å². The van der Waals surface area contributed by atoms with Crippen molar-refractivity contribution in [2.45, 2.75) is 26.4 Å². The van der Waals surface area contributed by atoms with E-state index < -0.39 is 10.5 Å². The predicted molar refractivity (Wildman–Crippen MR) is 73.5 cm³/mol. The summed E-state index contributed by atoms with van der Waals surface area (Å²) in [7, 11) is 0. The number of amides is 1. The van der Waals surface area contributed by atoms with Crippen LogP contribution in [0.5, 0.6) is 0 Å². The Morgan fingerprint density at radius 2 is 2.00 bits per heavy atom. The molecule has 0 aliphatic carbocycles. The summed E-state index contributed by atoms with van der Waals surface area (Å²) in [6.45, 7) is 6.06. The summed E-state index contributed by atoms with van der Waals surface area (Å²) in [5, 5.41) is 21.0. The molecule has 108 valence electrons. The highest BCUT2D eigenvalue weighted by molar-refractivity contribution is 5.95. The molecule has 0 saturated carbocycles. The number of non-ortho nitro benzene ring substituents is 1. The fourth-order valence-corrected chi connectivity index (χ4v) is 2.30. The minimum Gasteiger partial charge on any atom is -0.386 e. The van der Waals surface area contributed by atoms with Gasteiger partial charge >= 0.3 is 0 Å². The first-order valence-corrected chi connectivity index (χ1v) is 6.51. The molecule has 1 aromatic rings. The fraction of sp³-hybridized carbons (Fsp3) is 0.500. The van der Waals surface area contributed by atoms with Crippen LogP contribution in [-0.2, 0) is 0 Å². The van der Waals surface area contributed by atoms with Crippen molar-refractivity contribution in [1.29, 1.82) is 0 Å². The molecule has 1 aromatic carbocycles. The van der Waals surface area contributed by atoms with Gasteiger partial charge in [0.25, 0.3) is 11.6 Å². The monoisotopic (exact) mass is 278 g/mol. The van der Waals surface area contributed by atoms with Crippen LogP contribution >= 0.6 is 0 Å². The molecule has 6 heteroatoms. The maximum Gasteiger partial charge on any atom is 0.270 e. The van der Waals surface area contributed by atoms with Crippen molar-refractivity contribution in [3.63, 3.8) is 0 Å². The Hall–Kier alpha value is -1.95. The van der Waals surface area contributed by atoms with Crippen LogP contribution in [0.4, 0.5) is 5.69 Å². The number of carbonyl (C=O) groups excluding carboxylic acids is 1. The highest BCUT2D eigenvalue weighted by Gasteiger charge is 2.46. The summed E-state index contributed by atoms with van der Waals surface area (Å²) in [5.41, 5.74) is 0.0310. The molecule has 0 spiro atoms. The highest BCUT2D eigenvalue weighted by atomic mass is 16.6. The number of hydrogen-bond donors (Lipinski definition) is 1. The zero-order chi connectivity index (χ0) is 15.1. The molecule has 1 heterocycles. The molecule has 0 radical (unpaired) electrons. The molecule has 2 rings (SSSR count). The second-order valence-corrected chi connectivity index (χ2v) is 5.73. The Bertz CT molecular complexity index is 562. The summed E-state index contributed by atoms with van der Waals surface area (Å²) in [6.07, 6.45) is 0. The lowest BCUT2D eigenvalue weighted by Crippen LogP contribution is -2.65. The second-order valence-electron chi connectivity index (χ2n) is 5.73. The molecule has 1 aliphatic heterocycles. The number of carbonyl (C=O) groups is 1. The largest absolute Gasteiger partial charge is 0.386 e. The van der Waals surface area contributed by atoms with Crippen LogP contribution in [0.15, 0.2) is 18.2 Å². The normalized spacial score (nSPS) is 16.9. The Morgan fingerprint density at radius 1 is 1.40 bits per heavy atom. The van der Waals surface area contributed by atoms with Crippen LogP contribution in [0.3, 0.4) is 0 Å². The molecule has 0 atom stereocenters. The number of likely N-dealkylation sites (tertiary alicyclic amines) is 1. The molecule has 0 unspecified atom stereocenters. The lowest BCUT2D eigenvalue weighted by molar-refractivity contribution is -0.384. The van der Waals surface area contributed by atoms with E-state index in [9.17, 15) is 20.0 Å². The highest BCUT2D eigenvalue weighted by Crippen LogP contribution is 2.30. The number of benzene rings is 1. The molecule has 1 N–H and O–H groups in total. The quantitative estimate of drug-likeness (QED) is 0.674. The molecule has 1 aliphatic rings. The minimum atomic E-state index is -0.842. The Labute approximate surface area is 117 Å². The van der Waals surface area contributed by atoms with Crippen LogP contribution in [-0.4, -0.2) is 39.5 Å². The van der Waals surface area contributed by atoms with E-state index in [4.69, 9.17) is 0 Å². The lowest BCUT2D eigenvalue weighted by Gasteiger charge is -2.49. The van der Waals surface area contributed by atoms with Gasteiger partial charge in [0.2, 0.25) is 0 Å². The third-order valence-electron chi connectivity index (χ3n) is 3.81. The van der Waals surface area contributed by atoms with Crippen LogP contribution in [0, 0.1) is 23.0 Å². The van der Waals surface area contributed by atoms with E-state index in [1.54, 1.807) is 13.0 Å². The predicted octanol–water partition coefficient (Wildman–Crippen LogP) is 1.75. The first kappa shape index (κ1) is 14.5. The van der Waals surface area contributed by atoms with Crippen molar-refractivity contribution in [2.75, 3.05) is 13.1 Å². The topological polar surface area (TPSA) is 83.7 Å². The number of hydrogen-bond acceptors (Lipinski definition) is 4. The van der Waals surface area contributed by atoms with Gasteiger partial charge in [0.05, 0.1) is 18.0 Å². The number of nitrogens with zero attached hydrogens (tertiary/aromatic N) is 2. The summed E-state index contributed by atoms with van der Waals surface area (Å²) < 4.78 is 0. The van der Waals surface area contributed by atoms with Gasteiger partial charge in [0.15, 0.2) is 0 Å². The standard InChI is InChI=1S/C14H18N2O4/c1-9(2)14(18)7-15(8-14)13(17)11-4-10(3)5-12(6-11)16(19)20/h4-6,9,18H,7-8H2,1-3H3. The zero-order valence-electron chi connectivity index (χ0n) is 11.8. The molecule has 0 bridgehead atoms. The van der Waals surface area contributed by atoms with Gasteiger partial charge in [0.1, 0.15) is 5.60 Å². The molecule has 0 aromatic heterocycles. The average Bonchev–Trinajstić information content (AvgIpc) is 2.32. The van der Waals surface area contributed by atoms with E-state index in [2.05, 4.69) is 0 Å². The fourth-order valence-electron chi connectivity index (χ4n) is 2.30. The number of aryl methyl sites for hydroxylation is 1. The van der Waals surface area contributed by atoms with Gasteiger partial charge in [0, 0.05) is 17.7 Å². The van der Waals surface area contributed by atoms with E-state index in [0.717, 1.165) is 0 Å². The van der Waals surface area contributed by atoms with Crippen molar-refractivity contribution in [3.8, 4) is 0 Å². The molecule has 20 heavy (non-hydrogen) atoms. The van der Waals surface area contributed by atoms with Crippen LogP contribution < -0.4 is 0 Å². The minimum absolute atomic E-state index is 0.0680. The SMILES string of the molecule is Cc1cc(C(=O)N2CC(O)(C(C)C)C2)cc([N+](=O)[O-])c1. The molecular weight excluding hydrogens is 260 g/mol. The van der Waals surface area contributed by atoms with Crippen molar-refractivity contribution in [1.82, 2.24) is 4.90 Å². The van der Waals surface area contributed by atoms with E-state index in [0.29, 0.717) is 11.1 Å². The third kappa shape index (κ3) is 2.51.